The number of benzene rings is 2. The Morgan fingerprint density at radius 1 is 1.13 bits per heavy atom. The Bertz CT molecular complexity index is 1880. The first kappa shape index (κ1) is 33.8. The van der Waals surface area contributed by atoms with Crippen molar-refractivity contribution in [3.63, 3.8) is 0 Å². The summed E-state index contributed by atoms with van der Waals surface area (Å²) >= 11 is 1.34. The fourth-order valence-corrected chi connectivity index (χ4v) is 7.22. The summed E-state index contributed by atoms with van der Waals surface area (Å²) in [5.41, 5.74) is 3.23. The molecule has 5 aromatic rings. The highest BCUT2D eigenvalue weighted by Gasteiger charge is 2.37. The third kappa shape index (κ3) is 8.24. The molecule has 0 saturated carbocycles. The molecule has 13 nitrogen and oxygen atoms in total. The van der Waals surface area contributed by atoms with Crippen LogP contribution >= 0.6 is 11.3 Å². The molecule has 2 aromatic carbocycles. The number of aliphatic hydroxyl groups excluding tert-OH is 1. The average molecular weight is 682 g/mol. The van der Waals surface area contributed by atoms with Gasteiger partial charge in [-0.3, -0.25) is 14.7 Å². The summed E-state index contributed by atoms with van der Waals surface area (Å²) in [4.78, 5) is 35.4. The molecular weight excluding hydrogens is 647 g/mol. The number of hydrogen-bond donors (Lipinski definition) is 2. The monoisotopic (exact) mass is 681 g/mol. The smallest absolute Gasteiger partial charge is 0.407 e. The normalized spacial score (nSPS) is 13.1. The van der Waals surface area contributed by atoms with E-state index in [2.05, 4.69) is 15.3 Å². The van der Waals surface area contributed by atoms with Crippen molar-refractivity contribution >= 4 is 50.5 Å². The van der Waals surface area contributed by atoms with Crippen LogP contribution in [-0.4, -0.2) is 72.1 Å². The van der Waals surface area contributed by atoms with Gasteiger partial charge in [-0.25, -0.2) is 13.2 Å². The van der Waals surface area contributed by atoms with Crippen molar-refractivity contribution in [2.24, 2.45) is 5.92 Å². The molecule has 3 heterocycles. The molecule has 15 heteroatoms. The van der Waals surface area contributed by atoms with E-state index in [1.54, 1.807) is 11.7 Å². The Hall–Kier alpha value is -4.57. The summed E-state index contributed by atoms with van der Waals surface area (Å²) in [6.45, 7) is 3.59. The van der Waals surface area contributed by atoms with Gasteiger partial charge in [0, 0.05) is 32.4 Å². The first-order chi connectivity index (χ1) is 22.5. The molecule has 47 heavy (non-hydrogen) atoms. The van der Waals surface area contributed by atoms with E-state index in [1.807, 2.05) is 44.2 Å². The second kappa shape index (κ2) is 14.9. The largest absolute Gasteiger partial charge is 0.472 e. The maximum atomic E-state index is 14.4. The predicted octanol–water partition coefficient (Wildman–Crippen LogP) is 4.70. The second-order valence-electron chi connectivity index (χ2n) is 11.2. The third-order valence-corrected chi connectivity index (χ3v) is 9.89. The Kier molecular flexibility index (Phi) is 10.7. The molecule has 2 N–H and O–H groups in total. The van der Waals surface area contributed by atoms with Crippen LogP contribution < -0.4 is 10.2 Å². The van der Waals surface area contributed by atoms with Crippen LogP contribution in [0.5, 0.6) is 0 Å². The number of carbonyl (C=O) groups excluding carboxylic acids is 2. The molecule has 0 aliphatic carbocycles. The number of aromatic nitrogens is 2. The highest BCUT2D eigenvalue weighted by molar-refractivity contribution is 7.89. The molecule has 0 radical (unpaired) electrons. The minimum Gasteiger partial charge on any atom is -0.472 e. The highest BCUT2D eigenvalue weighted by Crippen LogP contribution is 2.29. The third-order valence-electron chi connectivity index (χ3n) is 7.25. The van der Waals surface area contributed by atoms with Crippen LogP contribution in [0.3, 0.4) is 0 Å². The lowest BCUT2D eigenvalue weighted by atomic mass is 10.0. The van der Waals surface area contributed by atoms with Crippen molar-refractivity contribution in [2.45, 2.75) is 43.9 Å². The number of nitrogens with one attached hydrogen (secondary N) is 1. The molecular formula is C32H35N5O8S2. The summed E-state index contributed by atoms with van der Waals surface area (Å²) in [6, 6.07) is 14.0. The Morgan fingerprint density at radius 3 is 2.60 bits per heavy atom. The highest BCUT2D eigenvalue weighted by atomic mass is 32.2. The molecule has 0 fully saturated rings. The number of amides is 2. The number of fused-ring (bicyclic) bond motifs is 1. The zero-order valence-corrected chi connectivity index (χ0v) is 27.6. The van der Waals surface area contributed by atoms with Gasteiger partial charge in [-0.05, 0) is 36.1 Å². The quantitative estimate of drug-likeness (QED) is 0.168. The van der Waals surface area contributed by atoms with Gasteiger partial charge in [0.1, 0.15) is 18.4 Å². The number of oxazole rings is 1. The number of carbonyl (C=O) groups is 2. The van der Waals surface area contributed by atoms with E-state index in [-0.39, 0.29) is 48.5 Å². The lowest BCUT2D eigenvalue weighted by Crippen LogP contribution is -2.52. The topological polar surface area (TPSA) is 168 Å². The Balaban J connectivity index is 1.42. The molecule has 0 aliphatic heterocycles. The van der Waals surface area contributed by atoms with Crippen molar-refractivity contribution in [3.05, 3.63) is 94.8 Å². The number of ether oxygens (including phenoxy) is 1. The minimum absolute atomic E-state index is 0.0208. The number of nitrogens with zero attached hydrogens (tertiary/aromatic N) is 4. The number of sulfonamides is 1. The van der Waals surface area contributed by atoms with E-state index in [1.165, 1.54) is 64.4 Å². The van der Waals surface area contributed by atoms with Gasteiger partial charge in [0.2, 0.25) is 10.0 Å². The van der Waals surface area contributed by atoms with Crippen molar-refractivity contribution in [1.82, 2.24) is 19.6 Å². The summed E-state index contributed by atoms with van der Waals surface area (Å²) in [5.74, 6) is -0.532. The first-order valence-electron chi connectivity index (χ1n) is 14.8. The van der Waals surface area contributed by atoms with Crippen LogP contribution in [-0.2, 0) is 27.8 Å². The maximum absolute atomic E-state index is 14.4. The SMILES string of the molecule is CC(C)CN(C(Cc1ccccc1)C(O)CNC(=O)OCc1cncs1)S(=O)(=O)c1ccc2nc(N(C)C(=O)c3ccoc3)oc2c1. The van der Waals surface area contributed by atoms with Crippen molar-refractivity contribution in [3.8, 4) is 0 Å². The molecule has 0 saturated heterocycles. The van der Waals surface area contributed by atoms with E-state index in [0.29, 0.717) is 11.1 Å². The van der Waals surface area contributed by atoms with Crippen molar-refractivity contribution < 1.29 is 36.7 Å². The zero-order chi connectivity index (χ0) is 33.6. The standard InChI is InChI=1S/C32H35N5O8S2/c1-21(2)17-37(27(13-22-7-5-4-6-8-22)28(38)16-34-32(40)44-19-24-15-33-20-46-24)47(41,42)25-9-10-26-29(14-25)45-31(35-26)36(3)30(39)23-11-12-43-18-23/h4-12,14-15,18,20-21,27-28,38H,13,16-17,19H2,1-3H3,(H,34,40). The molecule has 5 rings (SSSR count). The van der Waals surface area contributed by atoms with Crippen LogP contribution in [0.15, 0.2) is 92.6 Å². The van der Waals surface area contributed by atoms with E-state index >= 15 is 0 Å². The molecule has 2 amide bonds. The lowest BCUT2D eigenvalue weighted by molar-refractivity contribution is 0.0786. The van der Waals surface area contributed by atoms with Gasteiger partial charge < -0.3 is 24.0 Å². The molecule has 3 aromatic heterocycles. The zero-order valence-electron chi connectivity index (χ0n) is 26.0. The van der Waals surface area contributed by atoms with E-state index in [0.717, 1.165) is 10.4 Å². The van der Waals surface area contributed by atoms with Gasteiger partial charge in [-0.1, -0.05) is 44.2 Å². The maximum Gasteiger partial charge on any atom is 0.407 e. The Morgan fingerprint density at radius 2 is 1.91 bits per heavy atom. The number of hydrogen-bond acceptors (Lipinski definition) is 11. The fraction of sp³-hybridized carbons (Fsp3) is 0.312. The lowest BCUT2D eigenvalue weighted by Gasteiger charge is -2.35. The van der Waals surface area contributed by atoms with Gasteiger partial charge in [-0.15, -0.1) is 11.3 Å². The molecule has 2 unspecified atom stereocenters. The van der Waals surface area contributed by atoms with Crippen LogP contribution in [0.2, 0.25) is 0 Å². The summed E-state index contributed by atoms with van der Waals surface area (Å²) < 4.78 is 46.1. The fourth-order valence-electron chi connectivity index (χ4n) is 4.88. The number of anilines is 1. The molecule has 0 bridgehead atoms. The van der Waals surface area contributed by atoms with Crippen molar-refractivity contribution in [2.75, 3.05) is 25.0 Å². The van der Waals surface area contributed by atoms with E-state index in [4.69, 9.17) is 13.6 Å². The molecule has 0 aliphatic rings. The van der Waals surface area contributed by atoms with Crippen LogP contribution in [0.4, 0.5) is 10.8 Å². The van der Waals surface area contributed by atoms with E-state index in [9.17, 15) is 23.1 Å². The van der Waals surface area contributed by atoms with Gasteiger partial charge >= 0.3 is 12.1 Å². The van der Waals surface area contributed by atoms with Crippen LogP contribution in [0, 0.1) is 5.92 Å². The molecule has 0 spiro atoms. The summed E-state index contributed by atoms with van der Waals surface area (Å²) in [7, 11) is -2.76. The van der Waals surface area contributed by atoms with Crippen molar-refractivity contribution in [1.29, 1.82) is 0 Å². The second-order valence-corrected chi connectivity index (χ2v) is 14.1. The van der Waals surface area contributed by atoms with Gasteiger partial charge in [0.25, 0.3) is 5.91 Å². The molecule has 2 atom stereocenters. The average Bonchev–Trinajstić information content (AvgIpc) is 3.86. The minimum atomic E-state index is -4.25. The summed E-state index contributed by atoms with van der Waals surface area (Å²) in [5, 5.41) is 14.0. The Labute approximate surface area is 275 Å². The van der Waals surface area contributed by atoms with Crippen LogP contribution in [0.25, 0.3) is 11.1 Å². The van der Waals surface area contributed by atoms with Crippen LogP contribution in [0.1, 0.15) is 34.6 Å². The van der Waals surface area contributed by atoms with Gasteiger partial charge in [-0.2, -0.15) is 9.29 Å². The van der Waals surface area contributed by atoms with Gasteiger partial charge in [0.15, 0.2) is 5.58 Å². The number of furan rings is 1. The number of alkyl carbamates (subject to hydrolysis) is 1. The summed E-state index contributed by atoms with van der Waals surface area (Å²) in [6.07, 6.45) is 2.38. The molecule has 248 valence electrons. The van der Waals surface area contributed by atoms with E-state index < -0.39 is 34.2 Å². The number of aliphatic hydroxyl groups is 1. The number of rotatable bonds is 14. The predicted molar refractivity (Wildman–Crippen MR) is 174 cm³/mol. The number of thiazole rings is 1. The first-order valence-corrected chi connectivity index (χ1v) is 17.1. The van der Waals surface area contributed by atoms with Gasteiger partial charge in [0.05, 0.1) is 39.3 Å².